The molecule has 0 saturated heterocycles. The van der Waals surface area contributed by atoms with Crippen LogP contribution in [0, 0.1) is 11.6 Å². The fraction of sp³-hybridized carbons (Fsp3) is 0. The van der Waals surface area contributed by atoms with Gasteiger partial charge in [0.1, 0.15) is 34.0 Å². The Morgan fingerprint density at radius 2 is 0.712 bits per heavy atom. The summed E-state index contributed by atoms with van der Waals surface area (Å²) in [4.78, 5) is 0. The Hall–Kier alpha value is -6.78. The minimum Gasteiger partial charge on any atom is -0.455 e. The number of fused-ring (bicyclic) bond motifs is 8. The third kappa shape index (κ3) is 3.65. The number of hydrogen-bond acceptors (Lipinski definition) is 2. The summed E-state index contributed by atoms with van der Waals surface area (Å²) in [6.07, 6.45) is 0. The molecular formula is C48H24F2O2. The highest BCUT2D eigenvalue weighted by atomic mass is 19.1. The zero-order chi connectivity index (χ0) is 34.2. The lowest BCUT2D eigenvalue weighted by molar-refractivity contribution is 0.639. The maximum atomic E-state index is 16.4. The molecule has 0 aliphatic carbocycles. The van der Waals surface area contributed by atoms with Crippen LogP contribution in [0.4, 0.5) is 8.78 Å². The van der Waals surface area contributed by atoms with Crippen LogP contribution < -0.4 is 0 Å². The van der Waals surface area contributed by atoms with Crippen LogP contribution in [0.2, 0.25) is 0 Å². The van der Waals surface area contributed by atoms with Gasteiger partial charge in [-0.2, -0.15) is 0 Å². The van der Waals surface area contributed by atoms with Crippen LogP contribution in [0.3, 0.4) is 0 Å². The second kappa shape index (κ2) is 9.93. The minimum atomic E-state index is -0.368. The molecule has 0 radical (unpaired) electrons. The van der Waals surface area contributed by atoms with Crippen molar-refractivity contribution in [1.82, 2.24) is 0 Å². The Labute approximate surface area is 294 Å². The molecule has 2 aromatic heterocycles. The average molecular weight is 671 g/mol. The Morgan fingerprint density at radius 3 is 1.15 bits per heavy atom. The van der Waals surface area contributed by atoms with Gasteiger partial charge in [0.25, 0.3) is 0 Å². The largest absolute Gasteiger partial charge is 0.455 e. The summed E-state index contributed by atoms with van der Waals surface area (Å²) >= 11 is 0. The van der Waals surface area contributed by atoms with Crippen LogP contribution in [0.5, 0.6) is 0 Å². The van der Waals surface area contributed by atoms with Crippen molar-refractivity contribution in [3.05, 3.63) is 157 Å². The number of para-hydroxylation sites is 2. The second-order valence-corrected chi connectivity index (χ2v) is 13.8. The molecule has 0 unspecified atom stereocenters. The van der Waals surface area contributed by atoms with Crippen molar-refractivity contribution in [3.8, 4) is 22.3 Å². The van der Waals surface area contributed by atoms with E-state index in [0.29, 0.717) is 43.8 Å². The lowest BCUT2D eigenvalue weighted by atomic mass is 9.86. The average Bonchev–Trinajstić information content (AvgIpc) is 3.73. The Balaban J connectivity index is 1.15. The molecule has 10 aromatic carbocycles. The quantitative estimate of drug-likeness (QED) is 0.171. The van der Waals surface area contributed by atoms with Crippen molar-refractivity contribution in [1.29, 1.82) is 0 Å². The summed E-state index contributed by atoms with van der Waals surface area (Å²) in [6, 6.07) is 47.6. The molecule has 2 heterocycles. The van der Waals surface area contributed by atoms with Crippen molar-refractivity contribution >= 4 is 97.7 Å². The van der Waals surface area contributed by atoms with Crippen LogP contribution in [0.1, 0.15) is 0 Å². The normalized spacial score (nSPS) is 12.4. The molecule has 12 aromatic rings. The first-order valence-electron chi connectivity index (χ1n) is 17.4. The number of halogens is 2. The lowest BCUT2D eigenvalue weighted by Crippen LogP contribution is -1.94. The van der Waals surface area contributed by atoms with Gasteiger partial charge in [0, 0.05) is 54.2 Å². The van der Waals surface area contributed by atoms with Crippen molar-refractivity contribution in [2.24, 2.45) is 0 Å². The van der Waals surface area contributed by atoms with Gasteiger partial charge in [0.15, 0.2) is 0 Å². The SMILES string of the molecule is Fc1cc(-c2cccc3c2oc2cc4ccccc4cc23)c2ccc3c(F)cc(-c4cccc5c4oc4cc6ccccc6cc45)c4ccc1c2c34. The van der Waals surface area contributed by atoms with Crippen molar-refractivity contribution in [2.45, 2.75) is 0 Å². The van der Waals surface area contributed by atoms with Gasteiger partial charge < -0.3 is 8.83 Å². The van der Waals surface area contributed by atoms with Gasteiger partial charge in [-0.25, -0.2) is 8.78 Å². The van der Waals surface area contributed by atoms with Crippen molar-refractivity contribution in [3.63, 3.8) is 0 Å². The van der Waals surface area contributed by atoms with E-state index in [4.69, 9.17) is 8.83 Å². The van der Waals surface area contributed by atoms with E-state index >= 15 is 8.78 Å². The van der Waals surface area contributed by atoms with Gasteiger partial charge >= 0.3 is 0 Å². The molecule has 2 nitrogen and oxygen atoms in total. The van der Waals surface area contributed by atoms with E-state index in [-0.39, 0.29) is 11.6 Å². The van der Waals surface area contributed by atoms with E-state index < -0.39 is 0 Å². The number of benzene rings is 10. The highest BCUT2D eigenvalue weighted by Gasteiger charge is 2.23. The molecule has 0 amide bonds. The topological polar surface area (TPSA) is 26.3 Å². The fourth-order valence-electron chi connectivity index (χ4n) is 8.74. The van der Waals surface area contributed by atoms with Gasteiger partial charge in [-0.3, -0.25) is 0 Å². The van der Waals surface area contributed by atoms with Crippen LogP contribution >= 0.6 is 0 Å². The third-order valence-corrected chi connectivity index (χ3v) is 11.1. The van der Waals surface area contributed by atoms with Crippen molar-refractivity contribution in [2.75, 3.05) is 0 Å². The predicted molar refractivity (Wildman–Crippen MR) is 211 cm³/mol. The first-order chi connectivity index (χ1) is 25.6. The van der Waals surface area contributed by atoms with Gasteiger partial charge in [-0.05, 0) is 79.8 Å². The summed E-state index contributed by atoms with van der Waals surface area (Å²) in [5, 5.41) is 12.3. The van der Waals surface area contributed by atoms with Crippen LogP contribution in [0.15, 0.2) is 154 Å². The molecule has 12 rings (SSSR count). The molecule has 242 valence electrons. The zero-order valence-electron chi connectivity index (χ0n) is 27.4. The molecule has 0 aliphatic rings. The van der Waals surface area contributed by atoms with Crippen LogP contribution in [0.25, 0.3) is 120 Å². The predicted octanol–water partition coefficient (Wildman–Crippen LogP) is 14.3. The molecule has 4 heteroatoms. The molecule has 0 aliphatic heterocycles. The second-order valence-electron chi connectivity index (χ2n) is 13.8. The van der Waals surface area contributed by atoms with E-state index in [1.807, 2.05) is 72.8 Å². The lowest BCUT2D eigenvalue weighted by Gasteiger charge is -2.18. The summed E-state index contributed by atoms with van der Waals surface area (Å²) < 4.78 is 45.9. The number of rotatable bonds is 2. The minimum absolute atomic E-state index is 0.368. The molecule has 52 heavy (non-hydrogen) atoms. The number of furan rings is 2. The van der Waals surface area contributed by atoms with E-state index in [1.54, 1.807) is 12.1 Å². The Morgan fingerprint density at radius 1 is 0.308 bits per heavy atom. The Kier molecular flexibility index (Phi) is 5.34. The molecule has 0 saturated carbocycles. The first kappa shape index (κ1) is 28.0. The summed E-state index contributed by atoms with van der Waals surface area (Å²) in [5.41, 5.74) is 5.91. The van der Waals surface area contributed by atoms with Crippen LogP contribution in [-0.4, -0.2) is 0 Å². The molecule has 0 bridgehead atoms. The smallest absolute Gasteiger partial charge is 0.143 e. The zero-order valence-corrected chi connectivity index (χ0v) is 27.4. The maximum Gasteiger partial charge on any atom is 0.143 e. The van der Waals surface area contributed by atoms with Crippen molar-refractivity contribution < 1.29 is 17.6 Å². The standard InChI is InChI=1S/C48H24F2O2/c49-41-23-37(31-11-5-13-33-39-19-25-7-1-3-9-27(25)21-43(39)51-47(31)33)29-15-17-36-42(50)24-38(30-16-18-35(41)45(29)46(30)36)32-12-6-14-34-40-20-26-8-2-4-10-28(26)22-44(40)52-48(32)34/h1-24H. The highest BCUT2D eigenvalue weighted by molar-refractivity contribution is 6.29. The van der Waals surface area contributed by atoms with Crippen LogP contribution in [-0.2, 0) is 0 Å². The fourth-order valence-corrected chi connectivity index (χ4v) is 8.74. The summed E-state index contributed by atoms with van der Waals surface area (Å²) in [6.45, 7) is 0. The van der Waals surface area contributed by atoms with Gasteiger partial charge in [0.2, 0.25) is 0 Å². The van der Waals surface area contributed by atoms with E-state index in [0.717, 1.165) is 76.2 Å². The monoisotopic (exact) mass is 670 g/mol. The van der Waals surface area contributed by atoms with Gasteiger partial charge in [0.05, 0.1) is 0 Å². The molecular weight excluding hydrogens is 647 g/mol. The van der Waals surface area contributed by atoms with E-state index in [1.165, 1.54) is 0 Å². The molecule has 0 fully saturated rings. The molecule has 0 atom stereocenters. The van der Waals surface area contributed by atoms with E-state index in [9.17, 15) is 0 Å². The third-order valence-electron chi connectivity index (χ3n) is 11.1. The van der Waals surface area contributed by atoms with Gasteiger partial charge in [-0.15, -0.1) is 0 Å². The van der Waals surface area contributed by atoms with E-state index in [2.05, 4.69) is 60.7 Å². The van der Waals surface area contributed by atoms with Gasteiger partial charge in [-0.1, -0.05) is 109 Å². The highest BCUT2D eigenvalue weighted by Crippen LogP contribution is 2.47. The Bertz CT molecular complexity index is 3260. The first-order valence-corrected chi connectivity index (χ1v) is 17.4. The molecule has 0 spiro atoms. The summed E-state index contributed by atoms with van der Waals surface area (Å²) in [7, 11) is 0. The summed E-state index contributed by atoms with van der Waals surface area (Å²) in [5.74, 6) is -0.735. The maximum absolute atomic E-state index is 16.4. The molecule has 0 N–H and O–H groups in total. The number of hydrogen-bond donors (Lipinski definition) is 0.